The van der Waals surface area contributed by atoms with Gasteiger partial charge < -0.3 is 10.4 Å². The van der Waals surface area contributed by atoms with Crippen LogP contribution >= 0.6 is 0 Å². The van der Waals surface area contributed by atoms with Gasteiger partial charge in [0.05, 0.1) is 6.61 Å². The molecule has 0 saturated carbocycles. The molecule has 1 aromatic rings. The monoisotopic (exact) mass is 180 g/mol. The third kappa shape index (κ3) is 4.01. The van der Waals surface area contributed by atoms with Gasteiger partial charge in [0.2, 0.25) is 0 Å². The second-order valence-corrected chi connectivity index (χ2v) is 3.03. The fraction of sp³-hybridized carbons (Fsp3) is 0.500. The summed E-state index contributed by atoms with van der Waals surface area (Å²) in [5.74, 6) is 0. The van der Waals surface area contributed by atoms with Crippen LogP contribution in [0.2, 0.25) is 0 Å². The molecule has 72 valence electrons. The lowest BCUT2D eigenvalue weighted by molar-refractivity contribution is 0.293. The van der Waals surface area contributed by atoms with Crippen LogP contribution in [0.15, 0.2) is 18.3 Å². The molecule has 2 N–H and O–H groups in total. The van der Waals surface area contributed by atoms with Crippen LogP contribution in [0.1, 0.15) is 11.3 Å². The molecule has 13 heavy (non-hydrogen) atoms. The predicted molar refractivity (Wildman–Crippen MR) is 52.6 cm³/mol. The number of aliphatic hydroxyl groups excluding tert-OH is 1. The van der Waals surface area contributed by atoms with Gasteiger partial charge >= 0.3 is 0 Å². The van der Waals surface area contributed by atoms with Crippen molar-refractivity contribution in [1.29, 1.82) is 0 Å². The molecule has 1 aromatic heterocycles. The Bertz CT molecular complexity index is 250. The minimum Gasteiger partial charge on any atom is -0.395 e. The zero-order valence-electron chi connectivity index (χ0n) is 7.95. The quantitative estimate of drug-likeness (QED) is 0.649. The maximum atomic E-state index is 8.54. The lowest BCUT2D eigenvalue weighted by Crippen LogP contribution is -2.20. The van der Waals surface area contributed by atoms with Crippen LogP contribution in [0.5, 0.6) is 0 Å². The molecule has 0 unspecified atom stereocenters. The second kappa shape index (κ2) is 5.67. The van der Waals surface area contributed by atoms with E-state index in [0.717, 1.165) is 18.7 Å². The molecule has 0 spiro atoms. The fourth-order valence-corrected chi connectivity index (χ4v) is 1.20. The Morgan fingerprint density at radius 2 is 2.31 bits per heavy atom. The molecule has 1 heterocycles. The highest BCUT2D eigenvalue weighted by Gasteiger charge is 1.93. The van der Waals surface area contributed by atoms with Gasteiger partial charge in [-0.3, -0.25) is 4.98 Å². The zero-order valence-corrected chi connectivity index (χ0v) is 7.95. The molecule has 0 saturated heterocycles. The van der Waals surface area contributed by atoms with E-state index in [2.05, 4.69) is 16.4 Å². The number of hydrogen-bond donors (Lipinski definition) is 2. The molecular weight excluding hydrogens is 164 g/mol. The first-order valence-electron chi connectivity index (χ1n) is 4.56. The van der Waals surface area contributed by atoms with E-state index in [4.69, 9.17) is 5.11 Å². The van der Waals surface area contributed by atoms with Crippen LogP contribution in [0, 0.1) is 6.92 Å². The van der Waals surface area contributed by atoms with Crippen LogP contribution in [0.25, 0.3) is 0 Å². The lowest BCUT2D eigenvalue weighted by Gasteiger charge is -2.03. The molecule has 0 aliphatic heterocycles. The van der Waals surface area contributed by atoms with Crippen LogP contribution in [0.4, 0.5) is 0 Å². The number of nitrogens with one attached hydrogen (secondary N) is 1. The van der Waals surface area contributed by atoms with E-state index in [-0.39, 0.29) is 6.61 Å². The van der Waals surface area contributed by atoms with Gasteiger partial charge in [0.1, 0.15) is 0 Å². The molecule has 3 heteroatoms. The van der Waals surface area contributed by atoms with Gasteiger partial charge in [-0.15, -0.1) is 0 Å². The van der Waals surface area contributed by atoms with Crippen molar-refractivity contribution in [2.24, 2.45) is 0 Å². The fourth-order valence-electron chi connectivity index (χ4n) is 1.20. The number of aliphatic hydroxyl groups is 1. The Labute approximate surface area is 78.8 Å². The van der Waals surface area contributed by atoms with Crippen molar-refractivity contribution in [2.75, 3.05) is 19.7 Å². The molecule has 0 radical (unpaired) electrons. The molecule has 3 nitrogen and oxygen atoms in total. The number of pyridine rings is 1. The molecule has 0 atom stereocenters. The minimum absolute atomic E-state index is 0.204. The van der Waals surface area contributed by atoms with Gasteiger partial charge in [-0.2, -0.15) is 0 Å². The predicted octanol–water partition coefficient (Wildman–Crippen LogP) is 0.514. The summed E-state index contributed by atoms with van der Waals surface area (Å²) in [6, 6.07) is 4.11. The van der Waals surface area contributed by atoms with Crippen LogP contribution in [-0.2, 0) is 6.42 Å². The summed E-state index contributed by atoms with van der Waals surface area (Å²) in [7, 11) is 0. The van der Waals surface area contributed by atoms with Gasteiger partial charge in [-0.25, -0.2) is 0 Å². The molecular formula is C10H16N2O. The number of aromatic nitrogens is 1. The first-order valence-corrected chi connectivity index (χ1v) is 4.56. The average molecular weight is 180 g/mol. The van der Waals surface area contributed by atoms with Crippen molar-refractivity contribution < 1.29 is 5.11 Å². The van der Waals surface area contributed by atoms with Gasteiger partial charge in [0.25, 0.3) is 0 Å². The molecule has 0 amide bonds. The van der Waals surface area contributed by atoms with E-state index in [1.807, 2.05) is 19.2 Å². The summed E-state index contributed by atoms with van der Waals surface area (Å²) < 4.78 is 0. The van der Waals surface area contributed by atoms with Gasteiger partial charge in [0.15, 0.2) is 0 Å². The summed E-state index contributed by atoms with van der Waals surface area (Å²) in [6.45, 7) is 3.77. The largest absolute Gasteiger partial charge is 0.395 e. The smallest absolute Gasteiger partial charge is 0.0555 e. The normalized spacial score (nSPS) is 10.3. The van der Waals surface area contributed by atoms with Crippen LogP contribution in [0.3, 0.4) is 0 Å². The summed E-state index contributed by atoms with van der Waals surface area (Å²) in [5, 5.41) is 11.7. The number of aryl methyl sites for hydroxylation is 1. The third-order valence-corrected chi connectivity index (χ3v) is 1.84. The Balaban J connectivity index is 2.28. The van der Waals surface area contributed by atoms with E-state index >= 15 is 0 Å². The summed E-state index contributed by atoms with van der Waals surface area (Å²) in [5.41, 5.74) is 2.34. The van der Waals surface area contributed by atoms with Crippen molar-refractivity contribution in [3.05, 3.63) is 29.6 Å². The number of hydrogen-bond acceptors (Lipinski definition) is 3. The standard InChI is InChI=1S/C10H16N2O/c1-9-8-10(3-5-12-9)2-4-11-6-7-13/h3,5,8,11,13H,2,4,6-7H2,1H3. The van der Waals surface area contributed by atoms with Crippen LogP contribution in [-0.4, -0.2) is 29.8 Å². The van der Waals surface area contributed by atoms with Gasteiger partial charge in [0, 0.05) is 18.4 Å². The van der Waals surface area contributed by atoms with Gasteiger partial charge in [-0.1, -0.05) is 0 Å². The highest BCUT2D eigenvalue weighted by atomic mass is 16.3. The minimum atomic E-state index is 0.204. The molecule has 0 aliphatic carbocycles. The van der Waals surface area contributed by atoms with Crippen molar-refractivity contribution in [3.8, 4) is 0 Å². The summed E-state index contributed by atoms with van der Waals surface area (Å²) >= 11 is 0. The maximum Gasteiger partial charge on any atom is 0.0555 e. The SMILES string of the molecule is Cc1cc(CCNCCO)ccn1. The Kier molecular flexibility index (Phi) is 4.43. The first-order chi connectivity index (χ1) is 6.33. The van der Waals surface area contributed by atoms with E-state index in [1.165, 1.54) is 5.56 Å². The van der Waals surface area contributed by atoms with Crippen molar-refractivity contribution >= 4 is 0 Å². The van der Waals surface area contributed by atoms with E-state index in [9.17, 15) is 0 Å². The van der Waals surface area contributed by atoms with Crippen molar-refractivity contribution in [1.82, 2.24) is 10.3 Å². The number of rotatable bonds is 5. The second-order valence-electron chi connectivity index (χ2n) is 3.03. The first kappa shape index (κ1) is 10.2. The molecule has 0 aromatic carbocycles. The van der Waals surface area contributed by atoms with Crippen molar-refractivity contribution in [2.45, 2.75) is 13.3 Å². The topological polar surface area (TPSA) is 45.1 Å². The molecule has 1 rings (SSSR count). The Morgan fingerprint density at radius 3 is 3.00 bits per heavy atom. The van der Waals surface area contributed by atoms with Gasteiger partial charge in [-0.05, 0) is 37.6 Å². The molecule has 0 aliphatic rings. The zero-order chi connectivity index (χ0) is 9.52. The summed E-state index contributed by atoms with van der Waals surface area (Å²) in [6.07, 6.45) is 2.82. The van der Waals surface area contributed by atoms with Crippen LogP contribution < -0.4 is 5.32 Å². The van der Waals surface area contributed by atoms with E-state index in [1.54, 1.807) is 0 Å². The summed E-state index contributed by atoms with van der Waals surface area (Å²) in [4.78, 5) is 4.12. The third-order valence-electron chi connectivity index (χ3n) is 1.84. The highest BCUT2D eigenvalue weighted by Crippen LogP contribution is 2.00. The number of nitrogens with zero attached hydrogens (tertiary/aromatic N) is 1. The lowest BCUT2D eigenvalue weighted by atomic mass is 10.2. The maximum absolute atomic E-state index is 8.54. The van der Waals surface area contributed by atoms with E-state index < -0.39 is 0 Å². The van der Waals surface area contributed by atoms with E-state index in [0.29, 0.717) is 6.54 Å². The molecule has 0 fully saturated rings. The Hall–Kier alpha value is -0.930. The highest BCUT2D eigenvalue weighted by molar-refractivity contribution is 5.15. The van der Waals surface area contributed by atoms with Crippen molar-refractivity contribution in [3.63, 3.8) is 0 Å². The Morgan fingerprint density at radius 1 is 1.46 bits per heavy atom. The average Bonchev–Trinajstić information content (AvgIpc) is 2.13. The molecule has 0 bridgehead atoms.